The number of furan rings is 1. The maximum absolute atomic E-state index is 13.1. The van der Waals surface area contributed by atoms with Crippen LogP contribution in [0.4, 0.5) is 5.69 Å². The van der Waals surface area contributed by atoms with Crippen LogP contribution in [-0.2, 0) is 24.3 Å². The number of fused-ring (bicyclic) bond motifs is 3. The standard InChI is InChI=1S/C26H23BrN2O8S/c1-34-23-13-18-17-4-2-3-5-21(17)37-22(18)14-20(23)28-25(30)15-36-26(31)16-6-7-19(27)24(12-16)38(32,33)29-8-10-35-11-9-29/h2-7,12-14H,8-11,15H2,1H3,(H,28,30). The van der Waals surface area contributed by atoms with Crippen molar-refractivity contribution in [3.05, 3.63) is 64.6 Å². The smallest absolute Gasteiger partial charge is 0.338 e. The highest BCUT2D eigenvalue weighted by Crippen LogP contribution is 2.36. The third-order valence-electron chi connectivity index (χ3n) is 6.06. The summed E-state index contributed by atoms with van der Waals surface area (Å²) in [5.41, 5.74) is 1.60. The van der Waals surface area contributed by atoms with Gasteiger partial charge in [-0.2, -0.15) is 4.31 Å². The van der Waals surface area contributed by atoms with E-state index in [9.17, 15) is 18.0 Å². The fraction of sp³-hybridized carbons (Fsp3) is 0.231. The first-order valence-electron chi connectivity index (χ1n) is 11.6. The number of methoxy groups -OCH3 is 1. The van der Waals surface area contributed by atoms with E-state index in [1.807, 2.05) is 24.3 Å². The topological polar surface area (TPSA) is 124 Å². The Labute approximate surface area is 226 Å². The zero-order valence-electron chi connectivity index (χ0n) is 20.2. The highest BCUT2D eigenvalue weighted by Gasteiger charge is 2.29. The van der Waals surface area contributed by atoms with Gasteiger partial charge in [-0.05, 0) is 46.3 Å². The summed E-state index contributed by atoms with van der Waals surface area (Å²) in [5.74, 6) is -1.04. The van der Waals surface area contributed by atoms with Gasteiger partial charge in [0.25, 0.3) is 5.91 Å². The van der Waals surface area contributed by atoms with Gasteiger partial charge in [-0.15, -0.1) is 0 Å². The number of amides is 1. The SMILES string of the molecule is COc1cc2c(cc1NC(=O)COC(=O)c1ccc(Br)c(S(=O)(=O)N3CCOCC3)c1)oc1ccccc12. The number of morpholine rings is 1. The Hall–Kier alpha value is -3.45. The average molecular weight is 603 g/mol. The molecule has 38 heavy (non-hydrogen) atoms. The summed E-state index contributed by atoms with van der Waals surface area (Å²) in [7, 11) is -2.38. The van der Waals surface area contributed by atoms with Gasteiger partial charge in [-0.25, -0.2) is 13.2 Å². The number of para-hydroxylation sites is 1. The van der Waals surface area contributed by atoms with Crippen molar-refractivity contribution in [1.82, 2.24) is 4.31 Å². The molecule has 0 atom stereocenters. The normalized spacial score (nSPS) is 14.5. The molecule has 0 radical (unpaired) electrons. The van der Waals surface area contributed by atoms with Crippen LogP contribution in [0.5, 0.6) is 5.75 Å². The van der Waals surface area contributed by atoms with Gasteiger partial charge in [0.05, 0.1) is 36.5 Å². The summed E-state index contributed by atoms with van der Waals surface area (Å²) in [6.45, 7) is 0.422. The number of carbonyl (C=O) groups is 2. The monoisotopic (exact) mass is 602 g/mol. The number of rotatable bonds is 7. The van der Waals surface area contributed by atoms with Gasteiger partial charge in [-0.1, -0.05) is 18.2 Å². The van der Waals surface area contributed by atoms with Gasteiger partial charge < -0.3 is 23.9 Å². The van der Waals surface area contributed by atoms with Crippen LogP contribution >= 0.6 is 15.9 Å². The molecule has 198 valence electrons. The number of esters is 1. The highest BCUT2D eigenvalue weighted by molar-refractivity contribution is 9.10. The third kappa shape index (κ3) is 5.12. The first-order chi connectivity index (χ1) is 18.3. The molecule has 10 nitrogen and oxygen atoms in total. The molecule has 1 saturated heterocycles. The zero-order valence-corrected chi connectivity index (χ0v) is 22.6. The van der Waals surface area contributed by atoms with Gasteiger partial charge in [-0.3, -0.25) is 4.79 Å². The summed E-state index contributed by atoms with van der Waals surface area (Å²) in [4.78, 5) is 25.2. The van der Waals surface area contributed by atoms with E-state index in [4.69, 9.17) is 18.6 Å². The number of carbonyl (C=O) groups excluding carboxylic acids is 2. The Morgan fingerprint density at radius 1 is 1.03 bits per heavy atom. The number of halogens is 1. The molecule has 0 spiro atoms. The van der Waals surface area contributed by atoms with Gasteiger partial charge in [0, 0.05) is 34.4 Å². The molecule has 1 N–H and O–H groups in total. The number of nitrogens with zero attached hydrogens (tertiary/aromatic N) is 1. The third-order valence-corrected chi connectivity index (χ3v) is 8.95. The number of nitrogens with one attached hydrogen (secondary N) is 1. The van der Waals surface area contributed by atoms with Crippen LogP contribution in [0.2, 0.25) is 0 Å². The van der Waals surface area contributed by atoms with Gasteiger partial charge in [0.1, 0.15) is 16.9 Å². The average Bonchev–Trinajstić information content (AvgIpc) is 3.29. The minimum Gasteiger partial charge on any atom is -0.495 e. The first kappa shape index (κ1) is 26.2. The van der Waals surface area contributed by atoms with Crippen molar-refractivity contribution in [2.75, 3.05) is 45.3 Å². The second kappa shape index (κ2) is 10.7. The second-order valence-electron chi connectivity index (χ2n) is 8.43. The summed E-state index contributed by atoms with van der Waals surface area (Å²) >= 11 is 3.25. The van der Waals surface area contributed by atoms with Crippen molar-refractivity contribution in [2.45, 2.75) is 4.90 Å². The Kier molecular flexibility index (Phi) is 7.39. The van der Waals surface area contributed by atoms with Crippen LogP contribution in [0.25, 0.3) is 21.9 Å². The molecule has 1 amide bonds. The predicted octanol–water partition coefficient (Wildman–Crippen LogP) is 4.17. The summed E-state index contributed by atoms with van der Waals surface area (Å²) < 4.78 is 49.4. The lowest BCUT2D eigenvalue weighted by Gasteiger charge is -2.26. The van der Waals surface area contributed by atoms with E-state index in [0.717, 1.165) is 10.8 Å². The Balaban J connectivity index is 1.29. The van der Waals surface area contributed by atoms with E-state index in [1.54, 1.807) is 12.1 Å². The fourth-order valence-electron chi connectivity index (χ4n) is 4.17. The first-order valence-corrected chi connectivity index (χ1v) is 13.8. The van der Waals surface area contributed by atoms with Crippen LogP contribution in [0, 0.1) is 0 Å². The zero-order chi connectivity index (χ0) is 26.9. The second-order valence-corrected chi connectivity index (χ2v) is 11.2. The molecule has 1 aromatic heterocycles. The van der Waals surface area contributed by atoms with Crippen LogP contribution in [0.3, 0.4) is 0 Å². The number of anilines is 1. The molecule has 0 unspecified atom stereocenters. The molecule has 4 aromatic rings. The van der Waals surface area contributed by atoms with Gasteiger partial charge >= 0.3 is 5.97 Å². The Bertz CT molecular complexity index is 1640. The van der Waals surface area contributed by atoms with E-state index in [-0.39, 0.29) is 23.5 Å². The molecule has 1 fully saturated rings. The molecular formula is C26H23BrN2O8S. The van der Waals surface area contributed by atoms with Crippen molar-refractivity contribution in [1.29, 1.82) is 0 Å². The maximum atomic E-state index is 13.1. The highest BCUT2D eigenvalue weighted by atomic mass is 79.9. The minimum absolute atomic E-state index is 0.00545. The lowest BCUT2D eigenvalue weighted by molar-refractivity contribution is -0.119. The van der Waals surface area contributed by atoms with Crippen LogP contribution in [0.15, 0.2) is 68.4 Å². The molecule has 12 heteroatoms. The van der Waals surface area contributed by atoms with Crippen molar-refractivity contribution >= 4 is 65.5 Å². The van der Waals surface area contributed by atoms with Crippen LogP contribution in [0.1, 0.15) is 10.4 Å². The van der Waals surface area contributed by atoms with E-state index in [2.05, 4.69) is 21.2 Å². The van der Waals surface area contributed by atoms with E-state index < -0.39 is 28.5 Å². The van der Waals surface area contributed by atoms with E-state index in [1.165, 1.54) is 29.6 Å². The number of ether oxygens (including phenoxy) is 3. The summed E-state index contributed by atoms with van der Waals surface area (Å²) in [6.07, 6.45) is 0. The van der Waals surface area contributed by atoms with Crippen molar-refractivity contribution < 1.29 is 36.6 Å². The van der Waals surface area contributed by atoms with Gasteiger partial charge in [0.15, 0.2) is 6.61 Å². The molecular weight excluding hydrogens is 580 g/mol. The lowest BCUT2D eigenvalue weighted by Crippen LogP contribution is -2.40. The van der Waals surface area contributed by atoms with E-state index in [0.29, 0.717) is 40.3 Å². The van der Waals surface area contributed by atoms with Crippen molar-refractivity contribution in [3.8, 4) is 5.75 Å². The molecule has 5 rings (SSSR count). The van der Waals surface area contributed by atoms with Crippen LogP contribution in [-0.4, -0.2) is 64.6 Å². The molecule has 0 bridgehead atoms. The number of benzene rings is 3. The molecule has 0 aliphatic carbocycles. The molecule has 1 aliphatic rings. The van der Waals surface area contributed by atoms with Gasteiger partial charge in [0.2, 0.25) is 10.0 Å². The summed E-state index contributed by atoms with van der Waals surface area (Å²) in [6, 6.07) is 15.1. The van der Waals surface area contributed by atoms with Crippen molar-refractivity contribution in [2.24, 2.45) is 0 Å². The lowest BCUT2D eigenvalue weighted by atomic mass is 10.1. The fourth-order valence-corrected chi connectivity index (χ4v) is 6.53. The van der Waals surface area contributed by atoms with Crippen LogP contribution < -0.4 is 10.1 Å². The Morgan fingerprint density at radius 2 is 1.79 bits per heavy atom. The number of sulfonamides is 1. The summed E-state index contributed by atoms with van der Waals surface area (Å²) in [5, 5.41) is 4.42. The van der Waals surface area contributed by atoms with E-state index >= 15 is 0 Å². The largest absolute Gasteiger partial charge is 0.495 e. The Morgan fingerprint density at radius 3 is 2.55 bits per heavy atom. The quantitative estimate of drug-likeness (QED) is 0.312. The molecule has 2 heterocycles. The molecule has 3 aromatic carbocycles. The maximum Gasteiger partial charge on any atom is 0.338 e. The predicted molar refractivity (Wildman–Crippen MR) is 143 cm³/mol. The molecule has 1 aliphatic heterocycles. The minimum atomic E-state index is -3.86. The number of hydrogen-bond acceptors (Lipinski definition) is 8. The number of hydrogen-bond donors (Lipinski definition) is 1. The van der Waals surface area contributed by atoms with Crippen molar-refractivity contribution in [3.63, 3.8) is 0 Å². The molecule has 0 saturated carbocycles.